The fourth-order valence-corrected chi connectivity index (χ4v) is 0.805. The quantitative estimate of drug-likeness (QED) is 0.445. The molecule has 1 aliphatic heterocycles. The number of rotatable bonds is 1. The van der Waals surface area contributed by atoms with Crippen LogP contribution >= 0.6 is 11.6 Å². The predicted molar refractivity (Wildman–Crippen MR) is 34.1 cm³/mol. The third kappa shape index (κ3) is 2.96. The number of hydrogen-bond acceptors (Lipinski definition) is 2. The molecule has 2 nitrogen and oxygen atoms in total. The third-order valence-electron chi connectivity index (χ3n) is 0.962. The van der Waals surface area contributed by atoms with Gasteiger partial charge in [-0.25, -0.2) is 4.99 Å². The van der Waals surface area contributed by atoms with Gasteiger partial charge in [0.1, 0.15) is 12.0 Å². The van der Waals surface area contributed by atoms with E-state index in [2.05, 4.69) is 11.3 Å². The topological polar surface area (TPSA) is 15.6 Å². The fourth-order valence-electron chi connectivity index (χ4n) is 0.626. The van der Waals surface area contributed by atoms with Crippen LogP contribution in [0.4, 0.5) is 13.2 Å². The van der Waals surface area contributed by atoms with Crippen molar-refractivity contribution in [2.45, 2.75) is 11.7 Å². The minimum Gasteiger partial charge on any atom is -0.336 e. The maximum absolute atomic E-state index is 11.6. The summed E-state index contributed by atoms with van der Waals surface area (Å²) >= 11 is 5.34. The van der Waals surface area contributed by atoms with Crippen molar-refractivity contribution in [3.05, 3.63) is 6.54 Å². The lowest BCUT2D eigenvalue weighted by Crippen LogP contribution is -2.29. The van der Waals surface area contributed by atoms with Crippen molar-refractivity contribution in [3.8, 4) is 0 Å². The van der Waals surface area contributed by atoms with Crippen molar-refractivity contribution in [2.24, 2.45) is 4.99 Å². The molecule has 0 aromatic carbocycles. The van der Waals surface area contributed by atoms with Crippen molar-refractivity contribution in [3.63, 3.8) is 0 Å². The first-order valence-corrected chi connectivity index (χ1v) is 3.19. The lowest BCUT2D eigenvalue weighted by atomic mass is 10.5. The highest BCUT2D eigenvalue weighted by Crippen LogP contribution is 2.20. The lowest BCUT2D eigenvalue weighted by Gasteiger charge is -2.14. The lowest BCUT2D eigenvalue weighted by molar-refractivity contribution is -0.134. The van der Waals surface area contributed by atoms with Crippen molar-refractivity contribution < 1.29 is 13.2 Å². The predicted octanol–water partition coefficient (Wildman–Crippen LogP) is 1.50. The van der Waals surface area contributed by atoms with Crippen molar-refractivity contribution in [1.29, 1.82) is 0 Å². The Morgan fingerprint density at radius 2 is 2.27 bits per heavy atom. The first kappa shape index (κ1) is 8.64. The summed E-state index contributed by atoms with van der Waals surface area (Å²) in [6, 6.07) is 0. The van der Waals surface area contributed by atoms with Crippen molar-refractivity contribution in [1.82, 2.24) is 4.90 Å². The Labute approximate surface area is 66.6 Å². The Kier molecular flexibility index (Phi) is 2.27. The summed E-state index contributed by atoms with van der Waals surface area (Å²) in [5, 5.41) is 0. The molecule has 0 aromatic rings. The Balaban J connectivity index is 2.36. The van der Waals surface area contributed by atoms with E-state index in [1.54, 1.807) is 0 Å². The summed E-state index contributed by atoms with van der Waals surface area (Å²) < 4.78 is 34.9. The Morgan fingerprint density at radius 1 is 1.64 bits per heavy atom. The highest BCUT2D eigenvalue weighted by atomic mass is 35.5. The highest BCUT2D eigenvalue weighted by Gasteiger charge is 2.32. The van der Waals surface area contributed by atoms with E-state index in [9.17, 15) is 13.2 Å². The normalized spacial score (nSPS) is 24.7. The molecule has 1 heterocycles. The monoisotopic (exact) mass is 184 g/mol. The first-order chi connectivity index (χ1) is 4.97. The van der Waals surface area contributed by atoms with Gasteiger partial charge in [0.15, 0.2) is 6.34 Å². The second-order valence-corrected chi connectivity index (χ2v) is 2.44. The molecule has 0 spiro atoms. The molecule has 1 aliphatic rings. The molecule has 0 aliphatic carbocycles. The van der Waals surface area contributed by atoms with Gasteiger partial charge in [0.25, 0.3) is 0 Å². The minimum atomic E-state index is -4.24. The number of aliphatic imine (C=N–C) groups is 1. The zero-order valence-corrected chi connectivity index (χ0v) is 6.02. The van der Waals surface area contributed by atoms with Gasteiger partial charge < -0.3 is 4.90 Å². The van der Waals surface area contributed by atoms with Crippen LogP contribution in [0, 0.1) is 6.54 Å². The van der Waals surface area contributed by atoms with E-state index in [-0.39, 0.29) is 0 Å². The van der Waals surface area contributed by atoms with E-state index in [1.165, 1.54) is 0 Å². The molecular formula is C5H4ClF3N2. The molecule has 0 saturated carbocycles. The van der Waals surface area contributed by atoms with E-state index in [1.807, 2.05) is 0 Å². The Morgan fingerprint density at radius 3 is 2.64 bits per heavy atom. The van der Waals surface area contributed by atoms with Crippen LogP contribution in [-0.2, 0) is 0 Å². The molecule has 2 radical (unpaired) electrons. The van der Waals surface area contributed by atoms with Crippen molar-refractivity contribution in [2.75, 3.05) is 6.54 Å². The van der Waals surface area contributed by atoms with E-state index >= 15 is 0 Å². The minimum absolute atomic E-state index is 0.711. The molecule has 1 atom stereocenters. The maximum atomic E-state index is 11.6. The molecule has 11 heavy (non-hydrogen) atoms. The molecule has 0 bridgehead atoms. The molecule has 62 valence electrons. The van der Waals surface area contributed by atoms with Gasteiger partial charge in [-0.2, -0.15) is 13.2 Å². The van der Waals surface area contributed by atoms with E-state index < -0.39 is 18.2 Å². The zero-order valence-electron chi connectivity index (χ0n) is 5.27. The summed E-state index contributed by atoms with van der Waals surface area (Å²) in [5.74, 6) is 0. The van der Waals surface area contributed by atoms with Crippen LogP contribution in [0.15, 0.2) is 4.99 Å². The molecule has 0 saturated heterocycles. The van der Waals surface area contributed by atoms with E-state index in [0.29, 0.717) is 0 Å². The number of halogens is 4. The van der Waals surface area contributed by atoms with Crippen LogP contribution in [0.5, 0.6) is 0 Å². The summed E-state index contributed by atoms with van der Waals surface area (Å²) in [4.78, 5) is 4.18. The summed E-state index contributed by atoms with van der Waals surface area (Å²) in [5.41, 5.74) is -0.711. The number of hydrogen-bond donors (Lipinski definition) is 0. The number of alkyl halides is 4. The van der Waals surface area contributed by atoms with Crippen LogP contribution in [0.3, 0.4) is 0 Å². The third-order valence-corrected chi connectivity index (χ3v) is 1.17. The second kappa shape index (κ2) is 2.89. The van der Waals surface area contributed by atoms with Gasteiger partial charge in [-0.05, 0) is 0 Å². The molecule has 1 rings (SSSR count). The summed E-state index contributed by atoms with van der Waals surface area (Å²) in [6.45, 7) is 0.0643. The molecule has 0 fully saturated rings. The standard InChI is InChI=1S/C5H4ClF3N2/c6-4-1-11(3-10-4)2-5(7,8)9/h1,4H,2H2. The van der Waals surface area contributed by atoms with Gasteiger partial charge >= 0.3 is 6.18 Å². The maximum Gasteiger partial charge on any atom is 0.405 e. The molecule has 6 heteroatoms. The Hall–Kier alpha value is -0.450. The average Bonchev–Trinajstić information content (AvgIpc) is 2.10. The first-order valence-electron chi connectivity index (χ1n) is 2.75. The van der Waals surface area contributed by atoms with Gasteiger partial charge in [-0.15, -0.1) is 0 Å². The fraction of sp³-hybridized carbons (Fsp3) is 0.600. The largest absolute Gasteiger partial charge is 0.405 e. The van der Waals surface area contributed by atoms with Crippen molar-refractivity contribution >= 4 is 17.9 Å². The van der Waals surface area contributed by atoms with Gasteiger partial charge in [0, 0.05) is 0 Å². The van der Waals surface area contributed by atoms with E-state index in [0.717, 1.165) is 11.4 Å². The SMILES string of the molecule is FC(F)(F)CN1[C]=NC(Cl)[CH]1. The van der Waals surface area contributed by atoms with Crippen LogP contribution in [0.1, 0.15) is 0 Å². The Bertz CT molecular complexity index is 168. The number of nitrogens with zero attached hydrogens (tertiary/aromatic N) is 2. The molecule has 0 amide bonds. The smallest absolute Gasteiger partial charge is 0.336 e. The second-order valence-electron chi connectivity index (χ2n) is 1.99. The van der Waals surface area contributed by atoms with Crippen LogP contribution in [0.2, 0.25) is 0 Å². The summed E-state index contributed by atoms with van der Waals surface area (Å²) in [7, 11) is 0. The van der Waals surface area contributed by atoms with Gasteiger partial charge in [0.2, 0.25) is 0 Å². The van der Waals surface area contributed by atoms with Gasteiger partial charge in [0.05, 0.1) is 6.54 Å². The average molecular weight is 185 g/mol. The molecular weight excluding hydrogens is 181 g/mol. The van der Waals surface area contributed by atoms with E-state index in [4.69, 9.17) is 11.6 Å². The highest BCUT2D eigenvalue weighted by molar-refractivity contribution is 6.22. The van der Waals surface area contributed by atoms with Crippen LogP contribution in [0.25, 0.3) is 0 Å². The molecule has 0 aromatic heterocycles. The summed E-state index contributed by atoms with van der Waals surface area (Å²) in [6.07, 6.45) is -2.12. The van der Waals surface area contributed by atoms with Crippen LogP contribution < -0.4 is 0 Å². The molecule has 1 unspecified atom stereocenters. The van der Waals surface area contributed by atoms with Crippen LogP contribution in [-0.4, -0.2) is 29.5 Å². The molecule has 0 N–H and O–H groups in total. The van der Waals surface area contributed by atoms with Gasteiger partial charge in [-0.1, -0.05) is 11.6 Å². The van der Waals surface area contributed by atoms with Gasteiger partial charge in [-0.3, -0.25) is 0 Å². The zero-order chi connectivity index (χ0) is 8.48.